The number of aromatic nitrogens is 6. The first-order chi connectivity index (χ1) is 19.7. The highest BCUT2D eigenvalue weighted by atomic mass is 35.5. The molecule has 0 fully saturated rings. The van der Waals surface area contributed by atoms with E-state index >= 15 is 0 Å². The molecule has 0 amide bonds. The summed E-state index contributed by atoms with van der Waals surface area (Å²) in [6.45, 7) is 4.30. The number of benzene rings is 3. The second-order valence-corrected chi connectivity index (χ2v) is 9.61. The maximum absolute atomic E-state index is 6.27. The van der Waals surface area contributed by atoms with Crippen LogP contribution in [0.15, 0.2) is 91.4 Å². The number of pyridine rings is 1. The van der Waals surface area contributed by atoms with Crippen molar-refractivity contribution in [1.82, 2.24) is 29.5 Å². The fourth-order valence-corrected chi connectivity index (χ4v) is 4.94. The van der Waals surface area contributed by atoms with Gasteiger partial charge in [-0.15, -0.1) is 17.5 Å². The number of rotatable bonds is 11. The van der Waals surface area contributed by atoms with Gasteiger partial charge in [0.1, 0.15) is 23.6 Å². The van der Waals surface area contributed by atoms with Gasteiger partial charge >= 0.3 is 0 Å². The smallest absolute Gasteiger partial charge is 0.152 e. The van der Waals surface area contributed by atoms with E-state index in [1.165, 1.54) is 5.56 Å². The van der Waals surface area contributed by atoms with Crippen LogP contribution in [-0.2, 0) is 17.7 Å². The average Bonchev–Trinajstić information content (AvgIpc) is 3.65. The van der Waals surface area contributed by atoms with E-state index in [0.29, 0.717) is 37.7 Å². The number of fused-ring (bicyclic) bond motifs is 3. The van der Waals surface area contributed by atoms with Crippen LogP contribution in [0.2, 0.25) is 0 Å². The van der Waals surface area contributed by atoms with Gasteiger partial charge in [-0.2, -0.15) is 0 Å². The van der Waals surface area contributed by atoms with Crippen LogP contribution in [0.4, 0.5) is 5.82 Å². The second kappa shape index (κ2) is 12.8. The third kappa shape index (κ3) is 6.16. The lowest BCUT2D eigenvalue weighted by Gasteiger charge is -2.20. The largest absolute Gasteiger partial charge is 0.492 e. The standard InChI is InChI=1S/C31H31N7O2.ClH/c1-2-39-20-24(38-21-33-29-30(38)26-10-6-7-11-27(26)34-31(29)32)18-22-12-14-25(15-13-22)40-17-16-37-19-28(35-36-37)23-8-4-3-5-9-23;/h3-15,19,21,24H,2,16-18,20H2,1H3,(H2,32,34);1H/t24-;/m0./s1. The molecule has 9 nitrogen and oxygen atoms in total. The normalized spacial score (nSPS) is 11.9. The maximum Gasteiger partial charge on any atom is 0.152 e. The number of hydrogen-bond acceptors (Lipinski definition) is 7. The third-order valence-corrected chi connectivity index (χ3v) is 6.94. The Morgan fingerprint density at radius 3 is 2.54 bits per heavy atom. The highest BCUT2D eigenvalue weighted by Gasteiger charge is 2.19. The van der Waals surface area contributed by atoms with Crippen molar-refractivity contribution in [3.8, 4) is 17.0 Å². The molecule has 6 aromatic rings. The van der Waals surface area contributed by atoms with E-state index in [1.54, 1.807) is 4.68 Å². The molecule has 6 rings (SSSR count). The first-order valence-electron chi connectivity index (χ1n) is 13.5. The predicted molar refractivity (Wildman–Crippen MR) is 163 cm³/mol. The van der Waals surface area contributed by atoms with Crippen LogP contribution < -0.4 is 10.5 Å². The van der Waals surface area contributed by atoms with E-state index in [9.17, 15) is 0 Å². The number of anilines is 1. The molecular formula is C31H32ClN7O2. The summed E-state index contributed by atoms with van der Waals surface area (Å²) in [6, 6.07) is 26.3. The molecule has 2 N–H and O–H groups in total. The molecule has 3 aromatic heterocycles. The van der Waals surface area contributed by atoms with E-state index < -0.39 is 0 Å². The van der Waals surface area contributed by atoms with Crippen molar-refractivity contribution in [3.63, 3.8) is 0 Å². The Bertz CT molecular complexity index is 1720. The fourth-order valence-electron chi connectivity index (χ4n) is 4.94. The van der Waals surface area contributed by atoms with Gasteiger partial charge in [-0.25, -0.2) is 14.6 Å². The molecule has 0 aliphatic heterocycles. The Balaban J connectivity index is 0.00000337. The number of ether oxygens (including phenoxy) is 2. The highest BCUT2D eigenvalue weighted by molar-refractivity contribution is 6.06. The van der Waals surface area contributed by atoms with Crippen molar-refractivity contribution in [2.45, 2.75) is 25.9 Å². The molecule has 41 heavy (non-hydrogen) atoms. The highest BCUT2D eigenvalue weighted by Crippen LogP contribution is 2.30. The Hall–Kier alpha value is -4.47. The maximum atomic E-state index is 6.27. The number of halogens is 1. The molecule has 0 bridgehead atoms. The number of nitrogens with two attached hydrogens (primary N) is 1. The van der Waals surface area contributed by atoms with Crippen LogP contribution in [0.5, 0.6) is 5.75 Å². The Kier molecular flexibility index (Phi) is 8.76. The van der Waals surface area contributed by atoms with Crippen LogP contribution in [0.3, 0.4) is 0 Å². The topological polar surface area (TPSA) is 106 Å². The van der Waals surface area contributed by atoms with Gasteiger partial charge in [-0.3, -0.25) is 0 Å². The lowest BCUT2D eigenvalue weighted by molar-refractivity contribution is 0.114. The molecule has 0 spiro atoms. The predicted octanol–water partition coefficient (Wildman–Crippen LogP) is 5.75. The summed E-state index contributed by atoms with van der Waals surface area (Å²) >= 11 is 0. The number of nitrogens with zero attached hydrogens (tertiary/aromatic N) is 6. The molecule has 3 heterocycles. The van der Waals surface area contributed by atoms with Gasteiger partial charge in [0, 0.05) is 17.6 Å². The van der Waals surface area contributed by atoms with Crippen molar-refractivity contribution in [1.29, 1.82) is 0 Å². The zero-order chi connectivity index (χ0) is 27.3. The van der Waals surface area contributed by atoms with Gasteiger partial charge in [0.05, 0.1) is 42.8 Å². The lowest BCUT2D eigenvalue weighted by Crippen LogP contribution is -2.18. The Labute approximate surface area is 244 Å². The molecule has 0 saturated heterocycles. The van der Waals surface area contributed by atoms with Gasteiger partial charge in [0.25, 0.3) is 0 Å². The number of para-hydroxylation sites is 1. The molecule has 3 aromatic carbocycles. The third-order valence-electron chi connectivity index (χ3n) is 6.94. The number of nitrogen functional groups attached to an aromatic ring is 1. The minimum Gasteiger partial charge on any atom is -0.492 e. The molecule has 210 valence electrons. The summed E-state index contributed by atoms with van der Waals surface area (Å²) in [5, 5.41) is 9.51. The number of imidazole rings is 1. The zero-order valence-electron chi connectivity index (χ0n) is 22.8. The lowest BCUT2D eigenvalue weighted by atomic mass is 10.1. The minimum atomic E-state index is 0. The SMILES string of the molecule is CCOC[C@H](Cc1ccc(OCCn2cc(-c3ccccc3)nn2)cc1)n1cnc2c(N)nc3ccccc3c21.Cl. The molecular weight excluding hydrogens is 538 g/mol. The Morgan fingerprint density at radius 2 is 1.73 bits per heavy atom. The minimum absolute atomic E-state index is 0. The van der Waals surface area contributed by atoms with Gasteiger partial charge in [-0.05, 0) is 37.1 Å². The summed E-state index contributed by atoms with van der Waals surface area (Å²) < 4.78 is 15.9. The van der Waals surface area contributed by atoms with Crippen LogP contribution in [0.25, 0.3) is 33.2 Å². The van der Waals surface area contributed by atoms with Crippen LogP contribution in [-0.4, -0.2) is 49.3 Å². The average molecular weight is 570 g/mol. The van der Waals surface area contributed by atoms with Crippen LogP contribution >= 0.6 is 12.4 Å². The van der Waals surface area contributed by atoms with Crippen molar-refractivity contribution < 1.29 is 9.47 Å². The zero-order valence-corrected chi connectivity index (χ0v) is 23.6. The molecule has 0 aliphatic rings. The van der Waals surface area contributed by atoms with E-state index in [1.807, 2.05) is 80.1 Å². The summed E-state index contributed by atoms with van der Waals surface area (Å²) in [4.78, 5) is 9.16. The summed E-state index contributed by atoms with van der Waals surface area (Å²) in [5.74, 6) is 1.25. The quantitative estimate of drug-likeness (QED) is 0.212. The first kappa shape index (κ1) is 28.1. The van der Waals surface area contributed by atoms with Crippen molar-refractivity contribution in [3.05, 3.63) is 97.0 Å². The first-order valence-corrected chi connectivity index (χ1v) is 13.5. The molecule has 0 radical (unpaired) electrons. The molecule has 0 aliphatic carbocycles. The summed E-state index contributed by atoms with van der Waals surface area (Å²) in [6.07, 6.45) is 4.56. The van der Waals surface area contributed by atoms with E-state index in [4.69, 9.17) is 15.2 Å². The molecule has 1 atom stereocenters. The van der Waals surface area contributed by atoms with E-state index in [2.05, 4.69) is 43.0 Å². The van der Waals surface area contributed by atoms with Crippen molar-refractivity contribution in [2.24, 2.45) is 0 Å². The summed E-state index contributed by atoms with van der Waals surface area (Å²) in [5.41, 5.74) is 11.9. The second-order valence-electron chi connectivity index (χ2n) is 9.61. The Morgan fingerprint density at radius 1 is 0.951 bits per heavy atom. The summed E-state index contributed by atoms with van der Waals surface area (Å²) in [7, 11) is 0. The molecule has 0 saturated carbocycles. The molecule has 10 heteroatoms. The van der Waals surface area contributed by atoms with Crippen molar-refractivity contribution in [2.75, 3.05) is 25.6 Å². The van der Waals surface area contributed by atoms with Crippen LogP contribution in [0, 0.1) is 0 Å². The fraction of sp³-hybridized carbons (Fsp3) is 0.226. The van der Waals surface area contributed by atoms with Gasteiger partial charge in [0.15, 0.2) is 5.82 Å². The molecule has 0 unspecified atom stereocenters. The van der Waals surface area contributed by atoms with Gasteiger partial charge < -0.3 is 19.8 Å². The van der Waals surface area contributed by atoms with Gasteiger partial charge in [-0.1, -0.05) is 65.9 Å². The van der Waals surface area contributed by atoms with E-state index in [0.717, 1.165) is 39.8 Å². The van der Waals surface area contributed by atoms with Crippen molar-refractivity contribution >= 4 is 40.2 Å². The number of hydrogen-bond donors (Lipinski definition) is 1. The van der Waals surface area contributed by atoms with E-state index in [-0.39, 0.29) is 18.4 Å². The van der Waals surface area contributed by atoms with Crippen LogP contribution in [0.1, 0.15) is 18.5 Å². The van der Waals surface area contributed by atoms with Gasteiger partial charge in [0.2, 0.25) is 0 Å². The monoisotopic (exact) mass is 569 g/mol.